The quantitative estimate of drug-likeness (QED) is 0.407. The Hall–Kier alpha value is -3.83. The third-order valence-electron chi connectivity index (χ3n) is 4.84. The fourth-order valence-electron chi connectivity index (χ4n) is 3.24. The van der Waals surface area contributed by atoms with Gasteiger partial charge in [0.15, 0.2) is 0 Å². The van der Waals surface area contributed by atoms with E-state index < -0.39 is 0 Å². The van der Waals surface area contributed by atoms with Crippen molar-refractivity contribution >= 4 is 45.6 Å². The number of carbonyl (C=O) groups is 2. The number of anilines is 2. The van der Waals surface area contributed by atoms with Gasteiger partial charge in [0, 0.05) is 17.3 Å². The molecule has 4 rings (SSSR count). The molecule has 0 aromatic heterocycles. The molecule has 5 nitrogen and oxygen atoms in total. The van der Waals surface area contributed by atoms with Crippen molar-refractivity contribution in [2.24, 2.45) is 0 Å². The number of benzene rings is 4. The summed E-state index contributed by atoms with van der Waals surface area (Å²) in [5.74, 6) is -0.172. The molecule has 4 aromatic carbocycles. The highest BCUT2D eigenvalue weighted by Gasteiger charge is 2.14. The Labute approximate surface area is 184 Å². The molecule has 4 aromatic rings. The fraction of sp³-hybridized carbons (Fsp3) is 0.0400. The first kappa shape index (κ1) is 20.4. The standard InChI is InChI=1S/C25H19ClN2O3/c1-31-23-15-19(12-13-22(23)28-25(30)20-8-4-5-9-21(20)26)27-24(29)18-11-10-16-6-2-3-7-17(16)14-18/h2-15H,1H3,(H,27,29)(H,28,30). The Bertz CT molecular complexity index is 1290. The molecular formula is C25H19ClN2O3. The molecule has 6 heteroatoms. The van der Waals surface area contributed by atoms with Crippen LogP contribution in [-0.4, -0.2) is 18.9 Å². The molecule has 0 aliphatic heterocycles. The van der Waals surface area contributed by atoms with E-state index in [0.29, 0.717) is 33.3 Å². The van der Waals surface area contributed by atoms with Crippen LogP contribution in [0.4, 0.5) is 11.4 Å². The minimum absolute atomic E-state index is 0.236. The highest BCUT2D eigenvalue weighted by molar-refractivity contribution is 6.34. The van der Waals surface area contributed by atoms with Crippen molar-refractivity contribution < 1.29 is 14.3 Å². The Morgan fingerprint density at radius 1 is 0.774 bits per heavy atom. The van der Waals surface area contributed by atoms with Gasteiger partial charge >= 0.3 is 0 Å². The maximum atomic E-state index is 12.7. The second-order valence-corrected chi connectivity index (χ2v) is 7.27. The molecule has 0 heterocycles. The van der Waals surface area contributed by atoms with Crippen LogP contribution in [0.5, 0.6) is 5.75 Å². The van der Waals surface area contributed by atoms with Crippen LogP contribution in [-0.2, 0) is 0 Å². The molecule has 31 heavy (non-hydrogen) atoms. The van der Waals surface area contributed by atoms with E-state index in [9.17, 15) is 9.59 Å². The third kappa shape index (κ3) is 4.52. The summed E-state index contributed by atoms with van der Waals surface area (Å²) in [5.41, 5.74) is 1.93. The minimum atomic E-state index is -0.350. The van der Waals surface area contributed by atoms with E-state index in [1.807, 2.05) is 36.4 Å². The zero-order valence-corrected chi connectivity index (χ0v) is 17.4. The lowest BCUT2D eigenvalue weighted by molar-refractivity contribution is 0.101. The summed E-state index contributed by atoms with van der Waals surface area (Å²) in [5, 5.41) is 8.08. The van der Waals surface area contributed by atoms with Crippen molar-refractivity contribution in [1.29, 1.82) is 0 Å². The number of ether oxygens (including phenoxy) is 1. The number of nitrogens with one attached hydrogen (secondary N) is 2. The first-order valence-electron chi connectivity index (χ1n) is 9.59. The summed E-state index contributed by atoms with van der Waals surface area (Å²) in [6.45, 7) is 0. The highest BCUT2D eigenvalue weighted by Crippen LogP contribution is 2.29. The van der Waals surface area contributed by atoms with Gasteiger partial charge in [-0.05, 0) is 47.2 Å². The third-order valence-corrected chi connectivity index (χ3v) is 5.17. The normalized spacial score (nSPS) is 10.5. The van der Waals surface area contributed by atoms with Crippen molar-refractivity contribution in [2.45, 2.75) is 0 Å². The molecule has 2 N–H and O–H groups in total. The maximum Gasteiger partial charge on any atom is 0.257 e. The summed E-state index contributed by atoms with van der Waals surface area (Å²) in [7, 11) is 1.50. The van der Waals surface area contributed by atoms with Gasteiger partial charge in [0.1, 0.15) is 5.75 Å². The predicted octanol–water partition coefficient (Wildman–Crippen LogP) is 6.01. The smallest absolute Gasteiger partial charge is 0.257 e. The number of carbonyl (C=O) groups excluding carboxylic acids is 2. The molecule has 0 atom stereocenters. The molecule has 0 saturated carbocycles. The molecule has 0 aliphatic rings. The SMILES string of the molecule is COc1cc(NC(=O)c2ccc3ccccc3c2)ccc1NC(=O)c1ccccc1Cl. The van der Waals surface area contributed by atoms with Crippen molar-refractivity contribution in [3.05, 3.63) is 101 Å². The molecule has 154 valence electrons. The van der Waals surface area contributed by atoms with Crippen LogP contribution in [0, 0.1) is 0 Å². The van der Waals surface area contributed by atoms with Gasteiger partial charge in [-0.1, -0.05) is 54.1 Å². The number of hydrogen-bond donors (Lipinski definition) is 2. The van der Waals surface area contributed by atoms with Gasteiger partial charge in [-0.15, -0.1) is 0 Å². The molecule has 0 saturated heterocycles. The van der Waals surface area contributed by atoms with Gasteiger partial charge in [-0.2, -0.15) is 0 Å². The number of hydrogen-bond acceptors (Lipinski definition) is 3. The molecule has 0 spiro atoms. The second kappa shape index (κ2) is 8.90. The van der Waals surface area contributed by atoms with E-state index in [4.69, 9.17) is 16.3 Å². The molecule has 0 unspecified atom stereocenters. The van der Waals surface area contributed by atoms with Gasteiger partial charge in [0.05, 0.1) is 23.4 Å². The average Bonchev–Trinajstić information content (AvgIpc) is 2.79. The first-order valence-corrected chi connectivity index (χ1v) is 9.97. The van der Waals surface area contributed by atoms with E-state index in [-0.39, 0.29) is 11.8 Å². The molecule has 0 bridgehead atoms. The summed E-state index contributed by atoms with van der Waals surface area (Å²) >= 11 is 6.10. The summed E-state index contributed by atoms with van der Waals surface area (Å²) in [6.07, 6.45) is 0. The van der Waals surface area contributed by atoms with Crippen LogP contribution in [0.15, 0.2) is 84.9 Å². The van der Waals surface area contributed by atoms with Crippen LogP contribution in [0.1, 0.15) is 20.7 Å². The van der Waals surface area contributed by atoms with Crippen molar-refractivity contribution in [3.63, 3.8) is 0 Å². The van der Waals surface area contributed by atoms with Crippen molar-refractivity contribution in [1.82, 2.24) is 0 Å². The lowest BCUT2D eigenvalue weighted by atomic mass is 10.1. The minimum Gasteiger partial charge on any atom is -0.494 e. The Kier molecular flexibility index (Phi) is 5.87. The number of methoxy groups -OCH3 is 1. The Balaban J connectivity index is 1.52. The zero-order chi connectivity index (χ0) is 21.8. The van der Waals surface area contributed by atoms with Gasteiger partial charge in [0.25, 0.3) is 11.8 Å². The molecule has 0 radical (unpaired) electrons. The number of amides is 2. The Morgan fingerprint density at radius 3 is 2.29 bits per heavy atom. The first-order chi connectivity index (χ1) is 15.0. The summed E-state index contributed by atoms with van der Waals surface area (Å²) < 4.78 is 5.40. The van der Waals surface area contributed by atoms with Crippen molar-refractivity contribution in [3.8, 4) is 5.75 Å². The molecular weight excluding hydrogens is 412 g/mol. The van der Waals surface area contributed by atoms with E-state index >= 15 is 0 Å². The van der Waals surface area contributed by atoms with E-state index in [0.717, 1.165) is 10.8 Å². The number of rotatable bonds is 5. The molecule has 0 fully saturated rings. The lowest BCUT2D eigenvalue weighted by Crippen LogP contribution is -2.14. The van der Waals surface area contributed by atoms with Crippen LogP contribution in [0.25, 0.3) is 10.8 Å². The van der Waals surface area contributed by atoms with E-state index in [1.165, 1.54) is 7.11 Å². The van der Waals surface area contributed by atoms with Crippen LogP contribution in [0.3, 0.4) is 0 Å². The maximum absolute atomic E-state index is 12.7. The zero-order valence-electron chi connectivity index (χ0n) is 16.7. The van der Waals surface area contributed by atoms with Gasteiger partial charge in [-0.3, -0.25) is 9.59 Å². The molecule has 0 aliphatic carbocycles. The van der Waals surface area contributed by atoms with Crippen LogP contribution in [0.2, 0.25) is 5.02 Å². The Morgan fingerprint density at radius 2 is 1.52 bits per heavy atom. The van der Waals surface area contributed by atoms with E-state index in [1.54, 1.807) is 48.5 Å². The fourth-order valence-corrected chi connectivity index (χ4v) is 3.46. The number of halogens is 1. The van der Waals surface area contributed by atoms with Gasteiger partial charge in [-0.25, -0.2) is 0 Å². The van der Waals surface area contributed by atoms with Crippen LogP contribution < -0.4 is 15.4 Å². The largest absolute Gasteiger partial charge is 0.494 e. The topological polar surface area (TPSA) is 67.4 Å². The van der Waals surface area contributed by atoms with Gasteiger partial charge in [0.2, 0.25) is 0 Å². The monoisotopic (exact) mass is 430 g/mol. The lowest BCUT2D eigenvalue weighted by Gasteiger charge is -2.13. The van der Waals surface area contributed by atoms with Crippen LogP contribution >= 0.6 is 11.6 Å². The second-order valence-electron chi connectivity index (χ2n) is 6.87. The molecule has 2 amide bonds. The number of fused-ring (bicyclic) bond motifs is 1. The van der Waals surface area contributed by atoms with Crippen molar-refractivity contribution in [2.75, 3.05) is 17.7 Å². The summed E-state index contributed by atoms with van der Waals surface area (Å²) in [4.78, 5) is 25.2. The average molecular weight is 431 g/mol. The predicted molar refractivity (Wildman–Crippen MR) is 124 cm³/mol. The van der Waals surface area contributed by atoms with E-state index in [2.05, 4.69) is 10.6 Å². The highest BCUT2D eigenvalue weighted by atomic mass is 35.5. The summed E-state index contributed by atoms with van der Waals surface area (Å²) in [6, 6.07) is 25.2. The van der Waals surface area contributed by atoms with Gasteiger partial charge < -0.3 is 15.4 Å².